The van der Waals surface area contributed by atoms with Crippen molar-refractivity contribution >= 4 is 22.4 Å². The predicted octanol–water partition coefficient (Wildman–Crippen LogP) is 3.13. The molecule has 4 aromatic rings. The fourth-order valence-electron chi connectivity index (χ4n) is 2.97. The van der Waals surface area contributed by atoms with Crippen molar-refractivity contribution in [2.24, 2.45) is 5.10 Å². The predicted molar refractivity (Wildman–Crippen MR) is 115 cm³/mol. The van der Waals surface area contributed by atoms with E-state index in [4.69, 9.17) is 9.84 Å². The lowest BCUT2D eigenvalue weighted by atomic mass is 10.2. The first-order valence-electron chi connectivity index (χ1n) is 9.47. The van der Waals surface area contributed by atoms with Crippen LogP contribution in [-0.2, 0) is 6.54 Å². The molecule has 0 aromatic carbocycles. The van der Waals surface area contributed by atoms with Gasteiger partial charge in [-0.3, -0.25) is 9.97 Å². The van der Waals surface area contributed by atoms with Crippen LogP contribution in [0.5, 0.6) is 5.75 Å². The van der Waals surface area contributed by atoms with Crippen molar-refractivity contribution in [3.8, 4) is 5.75 Å². The Morgan fingerprint density at radius 2 is 1.97 bits per heavy atom. The summed E-state index contributed by atoms with van der Waals surface area (Å²) in [5.41, 5.74) is 5.09. The maximum atomic E-state index is 5.23. The van der Waals surface area contributed by atoms with Crippen LogP contribution in [0.2, 0.25) is 0 Å². The Labute approximate surface area is 173 Å². The van der Waals surface area contributed by atoms with E-state index in [2.05, 4.69) is 30.5 Å². The van der Waals surface area contributed by atoms with Gasteiger partial charge in [0.05, 0.1) is 36.8 Å². The molecule has 1 N–H and O–H groups in total. The van der Waals surface area contributed by atoms with E-state index in [-0.39, 0.29) is 0 Å². The summed E-state index contributed by atoms with van der Waals surface area (Å²) in [6.07, 6.45) is 5.22. The summed E-state index contributed by atoms with van der Waals surface area (Å²) in [6.45, 7) is 6.20. The molecule has 0 aliphatic heterocycles. The van der Waals surface area contributed by atoms with Crippen molar-refractivity contribution in [1.82, 2.24) is 29.8 Å². The fourth-order valence-corrected chi connectivity index (χ4v) is 2.97. The molecule has 0 fully saturated rings. The SMILES string of the molecule is COc1cnc2c(NCc3nnc(C)n3/N=C(\C)c3ccc(C)nc3)ccnc2c1. The second-order valence-corrected chi connectivity index (χ2v) is 6.80. The van der Waals surface area contributed by atoms with E-state index in [0.29, 0.717) is 23.9 Å². The molecule has 0 radical (unpaired) electrons. The molecule has 0 spiro atoms. The summed E-state index contributed by atoms with van der Waals surface area (Å²) in [5.74, 6) is 2.05. The number of hydrogen-bond acceptors (Lipinski definition) is 8. The van der Waals surface area contributed by atoms with Gasteiger partial charge in [-0.15, -0.1) is 10.2 Å². The van der Waals surface area contributed by atoms with Crippen molar-refractivity contribution in [3.63, 3.8) is 0 Å². The van der Waals surface area contributed by atoms with Crippen molar-refractivity contribution < 1.29 is 4.74 Å². The molecule has 152 valence electrons. The summed E-state index contributed by atoms with van der Waals surface area (Å²) in [7, 11) is 1.61. The largest absolute Gasteiger partial charge is 0.495 e. The summed E-state index contributed by atoms with van der Waals surface area (Å²) >= 11 is 0. The number of aryl methyl sites for hydroxylation is 2. The van der Waals surface area contributed by atoms with Crippen LogP contribution in [0.4, 0.5) is 5.69 Å². The Hall–Kier alpha value is -3.88. The van der Waals surface area contributed by atoms with Crippen LogP contribution >= 0.6 is 0 Å². The third kappa shape index (κ3) is 3.95. The van der Waals surface area contributed by atoms with Crippen LogP contribution in [-0.4, -0.2) is 42.6 Å². The number of hydrogen-bond donors (Lipinski definition) is 1. The summed E-state index contributed by atoms with van der Waals surface area (Å²) in [5, 5.41) is 16.5. The minimum absolute atomic E-state index is 0.427. The van der Waals surface area contributed by atoms with E-state index in [1.54, 1.807) is 24.2 Å². The highest BCUT2D eigenvalue weighted by Gasteiger charge is 2.11. The van der Waals surface area contributed by atoms with Crippen LogP contribution in [0, 0.1) is 13.8 Å². The lowest BCUT2D eigenvalue weighted by Gasteiger charge is -2.10. The highest BCUT2D eigenvalue weighted by atomic mass is 16.5. The molecule has 30 heavy (non-hydrogen) atoms. The Morgan fingerprint density at radius 1 is 1.10 bits per heavy atom. The smallest absolute Gasteiger partial charge is 0.173 e. The number of ether oxygens (including phenoxy) is 1. The van der Waals surface area contributed by atoms with Gasteiger partial charge < -0.3 is 10.1 Å². The maximum Gasteiger partial charge on any atom is 0.173 e. The topological polar surface area (TPSA) is 103 Å². The number of fused-ring (bicyclic) bond motifs is 1. The summed E-state index contributed by atoms with van der Waals surface area (Å²) < 4.78 is 6.96. The zero-order valence-corrected chi connectivity index (χ0v) is 17.3. The lowest BCUT2D eigenvalue weighted by molar-refractivity contribution is 0.413. The van der Waals surface area contributed by atoms with E-state index < -0.39 is 0 Å². The van der Waals surface area contributed by atoms with Gasteiger partial charge in [0.15, 0.2) is 11.6 Å². The molecular formula is C21H22N8O. The van der Waals surface area contributed by atoms with E-state index in [0.717, 1.165) is 33.7 Å². The Morgan fingerprint density at radius 3 is 2.73 bits per heavy atom. The number of anilines is 1. The summed E-state index contributed by atoms with van der Waals surface area (Å²) in [4.78, 5) is 13.2. The van der Waals surface area contributed by atoms with E-state index in [1.807, 2.05) is 51.2 Å². The number of nitrogens with one attached hydrogen (secondary N) is 1. The van der Waals surface area contributed by atoms with Crippen LogP contribution in [0.1, 0.15) is 29.8 Å². The second-order valence-electron chi connectivity index (χ2n) is 6.80. The first-order chi connectivity index (χ1) is 14.5. The Balaban J connectivity index is 1.59. The lowest BCUT2D eigenvalue weighted by Crippen LogP contribution is -2.10. The molecule has 9 nitrogen and oxygen atoms in total. The average Bonchev–Trinajstić information content (AvgIpc) is 3.11. The quantitative estimate of drug-likeness (QED) is 0.494. The second kappa shape index (κ2) is 8.24. The Kier molecular flexibility index (Phi) is 5.34. The average molecular weight is 402 g/mol. The Bertz CT molecular complexity index is 1210. The third-order valence-corrected chi connectivity index (χ3v) is 4.67. The van der Waals surface area contributed by atoms with E-state index in [1.165, 1.54) is 0 Å². The fraction of sp³-hybridized carbons (Fsp3) is 0.238. The van der Waals surface area contributed by atoms with Gasteiger partial charge in [-0.2, -0.15) is 9.78 Å². The van der Waals surface area contributed by atoms with Crippen LogP contribution in [0.25, 0.3) is 11.0 Å². The third-order valence-electron chi connectivity index (χ3n) is 4.67. The normalized spacial score (nSPS) is 11.7. The molecule has 0 saturated heterocycles. The van der Waals surface area contributed by atoms with Crippen LogP contribution in [0.3, 0.4) is 0 Å². The number of pyridine rings is 3. The zero-order valence-electron chi connectivity index (χ0n) is 17.3. The van der Waals surface area contributed by atoms with Crippen LogP contribution < -0.4 is 10.1 Å². The minimum atomic E-state index is 0.427. The molecule has 4 rings (SSSR count). The number of nitrogens with zero attached hydrogens (tertiary/aromatic N) is 7. The molecular weight excluding hydrogens is 380 g/mol. The number of rotatable bonds is 6. The molecule has 0 atom stereocenters. The molecule has 0 aliphatic rings. The molecule has 0 unspecified atom stereocenters. The van der Waals surface area contributed by atoms with Crippen molar-refractivity contribution in [3.05, 3.63) is 65.8 Å². The molecule has 0 saturated carbocycles. The van der Waals surface area contributed by atoms with Gasteiger partial charge in [0, 0.05) is 29.7 Å². The molecule has 4 heterocycles. The van der Waals surface area contributed by atoms with Gasteiger partial charge >= 0.3 is 0 Å². The van der Waals surface area contributed by atoms with Crippen molar-refractivity contribution in [2.75, 3.05) is 12.4 Å². The molecule has 0 amide bonds. The minimum Gasteiger partial charge on any atom is -0.495 e. The van der Waals surface area contributed by atoms with Gasteiger partial charge in [-0.05, 0) is 39.0 Å². The monoisotopic (exact) mass is 402 g/mol. The van der Waals surface area contributed by atoms with E-state index >= 15 is 0 Å². The number of methoxy groups -OCH3 is 1. The van der Waals surface area contributed by atoms with Gasteiger partial charge in [0.25, 0.3) is 0 Å². The van der Waals surface area contributed by atoms with Crippen LogP contribution in [0.15, 0.2) is 48.0 Å². The van der Waals surface area contributed by atoms with Gasteiger partial charge in [-0.25, -0.2) is 4.98 Å². The zero-order chi connectivity index (χ0) is 21.1. The molecule has 4 aromatic heterocycles. The molecule has 0 bridgehead atoms. The van der Waals surface area contributed by atoms with Gasteiger partial charge in [0.2, 0.25) is 0 Å². The standard InChI is InChI=1S/C21H22N8O/c1-13-5-6-16(10-23-13)14(2)28-29-15(3)26-27-20(29)12-24-18-7-8-22-19-9-17(30-4)11-25-21(18)19/h5-11H,12H2,1-4H3,(H,22,24)/b28-14+. The van der Waals surface area contributed by atoms with Gasteiger partial charge in [-0.1, -0.05) is 0 Å². The molecule has 0 aliphatic carbocycles. The summed E-state index contributed by atoms with van der Waals surface area (Å²) in [6, 6.07) is 7.69. The van der Waals surface area contributed by atoms with Crippen molar-refractivity contribution in [2.45, 2.75) is 27.3 Å². The maximum absolute atomic E-state index is 5.23. The number of aromatic nitrogens is 6. The van der Waals surface area contributed by atoms with Crippen molar-refractivity contribution in [1.29, 1.82) is 0 Å². The first-order valence-corrected chi connectivity index (χ1v) is 9.47. The molecule has 9 heteroatoms. The highest BCUT2D eigenvalue weighted by Crippen LogP contribution is 2.23. The highest BCUT2D eigenvalue weighted by molar-refractivity contribution is 5.98. The first kappa shape index (κ1) is 19.4. The van der Waals surface area contributed by atoms with Gasteiger partial charge in [0.1, 0.15) is 11.3 Å². The van der Waals surface area contributed by atoms with E-state index in [9.17, 15) is 0 Å².